The van der Waals surface area contributed by atoms with Gasteiger partial charge in [-0.05, 0) is 43.2 Å². The van der Waals surface area contributed by atoms with Crippen molar-refractivity contribution < 1.29 is 17.9 Å². The topological polar surface area (TPSA) is 64.6 Å². The SMILES string of the molecule is O=S(=O)(N[C@@H]1C[C@@H]2CC[C@@H]1C2)c1ccc2c(c1)OCCO2. The summed E-state index contributed by atoms with van der Waals surface area (Å²) in [5.74, 6) is 2.35. The molecule has 5 nitrogen and oxygen atoms in total. The van der Waals surface area contributed by atoms with E-state index in [1.807, 2.05) is 0 Å². The van der Waals surface area contributed by atoms with E-state index < -0.39 is 10.0 Å². The molecular weight excluding hydrogens is 290 g/mol. The molecular formula is C15H19NO4S. The zero-order valence-electron chi connectivity index (χ0n) is 11.7. The lowest BCUT2D eigenvalue weighted by Crippen LogP contribution is -2.38. The number of hydrogen-bond donors (Lipinski definition) is 1. The Hall–Kier alpha value is -1.27. The lowest BCUT2D eigenvalue weighted by Gasteiger charge is -2.23. The summed E-state index contributed by atoms with van der Waals surface area (Å²) in [5.41, 5.74) is 0. The van der Waals surface area contributed by atoms with Crippen LogP contribution in [0.3, 0.4) is 0 Å². The summed E-state index contributed by atoms with van der Waals surface area (Å²) in [7, 11) is -3.49. The van der Waals surface area contributed by atoms with E-state index in [1.54, 1.807) is 18.2 Å². The molecule has 0 unspecified atom stereocenters. The summed E-state index contributed by atoms with van der Waals surface area (Å²) in [4.78, 5) is 0.259. The highest BCUT2D eigenvalue weighted by molar-refractivity contribution is 7.89. The Bertz CT molecular complexity index is 658. The van der Waals surface area contributed by atoms with Crippen molar-refractivity contribution in [3.8, 4) is 11.5 Å². The Morgan fingerprint density at radius 1 is 1.05 bits per heavy atom. The molecule has 1 aliphatic heterocycles. The van der Waals surface area contributed by atoms with Gasteiger partial charge in [-0.25, -0.2) is 13.1 Å². The second-order valence-corrected chi connectivity index (χ2v) is 7.92. The Kier molecular flexibility index (Phi) is 3.11. The summed E-state index contributed by atoms with van der Waals surface area (Å²) in [6.45, 7) is 0.957. The minimum Gasteiger partial charge on any atom is -0.486 e. The third-order valence-corrected chi connectivity index (χ3v) is 6.36. The van der Waals surface area contributed by atoms with Crippen LogP contribution in [-0.2, 0) is 10.0 Å². The number of hydrogen-bond acceptors (Lipinski definition) is 4. The molecule has 2 bridgehead atoms. The van der Waals surface area contributed by atoms with Crippen LogP contribution in [0.5, 0.6) is 11.5 Å². The largest absolute Gasteiger partial charge is 0.486 e. The second-order valence-electron chi connectivity index (χ2n) is 6.21. The molecule has 2 aliphatic carbocycles. The molecule has 1 heterocycles. The van der Waals surface area contributed by atoms with Gasteiger partial charge in [-0.2, -0.15) is 0 Å². The minimum absolute atomic E-state index is 0.0990. The number of benzene rings is 1. The summed E-state index contributed by atoms with van der Waals surface area (Å²) in [6.07, 6.45) is 4.56. The standard InChI is InChI=1S/C15H19NO4S/c17-21(18,16-13-8-10-1-2-11(13)7-10)12-3-4-14-15(9-12)20-6-5-19-14/h3-4,9-11,13,16H,1-2,5-8H2/t10-,11-,13-/m1/s1. The molecule has 0 aromatic heterocycles. The molecule has 1 aromatic carbocycles. The number of nitrogens with one attached hydrogen (secondary N) is 1. The van der Waals surface area contributed by atoms with E-state index in [2.05, 4.69) is 4.72 Å². The van der Waals surface area contributed by atoms with Crippen LogP contribution < -0.4 is 14.2 Å². The van der Waals surface area contributed by atoms with Gasteiger partial charge in [0, 0.05) is 12.1 Å². The van der Waals surface area contributed by atoms with Crippen molar-refractivity contribution in [1.82, 2.24) is 4.72 Å². The van der Waals surface area contributed by atoms with Gasteiger partial charge in [0.2, 0.25) is 10.0 Å². The molecule has 21 heavy (non-hydrogen) atoms. The lowest BCUT2D eigenvalue weighted by molar-refractivity contribution is 0.171. The van der Waals surface area contributed by atoms with Gasteiger partial charge in [0.1, 0.15) is 13.2 Å². The highest BCUT2D eigenvalue weighted by Gasteiger charge is 2.41. The normalized spacial score (nSPS) is 30.6. The minimum atomic E-state index is -3.49. The fourth-order valence-electron chi connectivity index (χ4n) is 3.85. The van der Waals surface area contributed by atoms with E-state index in [-0.39, 0.29) is 10.9 Å². The Labute approximate surface area is 124 Å². The van der Waals surface area contributed by atoms with Crippen molar-refractivity contribution in [2.75, 3.05) is 13.2 Å². The molecule has 0 amide bonds. The third kappa shape index (κ3) is 2.40. The van der Waals surface area contributed by atoms with Crippen molar-refractivity contribution in [2.24, 2.45) is 11.8 Å². The van der Waals surface area contributed by atoms with Gasteiger partial charge in [0.05, 0.1) is 4.90 Å². The van der Waals surface area contributed by atoms with Gasteiger partial charge in [-0.1, -0.05) is 6.42 Å². The first-order valence-electron chi connectivity index (χ1n) is 7.54. The average Bonchev–Trinajstić information content (AvgIpc) is 3.09. The van der Waals surface area contributed by atoms with Gasteiger partial charge in [-0.3, -0.25) is 0 Å². The fraction of sp³-hybridized carbons (Fsp3) is 0.600. The summed E-state index contributed by atoms with van der Waals surface area (Å²) < 4.78 is 38.9. The Morgan fingerprint density at radius 3 is 2.57 bits per heavy atom. The maximum absolute atomic E-state index is 12.5. The molecule has 114 valence electrons. The van der Waals surface area contributed by atoms with Crippen molar-refractivity contribution in [1.29, 1.82) is 0 Å². The van der Waals surface area contributed by atoms with Crippen LogP contribution in [0.25, 0.3) is 0 Å². The van der Waals surface area contributed by atoms with Crippen LogP contribution in [0.2, 0.25) is 0 Å². The third-order valence-electron chi connectivity index (χ3n) is 4.87. The van der Waals surface area contributed by atoms with Crippen molar-refractivity contribution in [3.05, 3.63) is 18.2 Å². The van der Waals surface area contributed by atoms with Gasteiger partial charge < -0.3 is 9.47 Å². The first-order chi connectivity index (χ1) is 10.1. The first-order valence-corrected chi connectivity index (χ1v) is 9.02. The van der Waals surface area contributed by atoms with Crippen LogP contribution in [0.4, 0.5) is 0 Å². The highest BCUT2D eigenvalue weighted by atomic mass is 32.2. The molecule has 4 rings (SSSR count). The number of rotatable bonds is 3. The Balaban J connectivity index is 1.57. The number of ether oxygens (including phenoxy) is 2. The predicted octanol–water partition coefficient (Wildman–Crippen LogP) is 1.92. The van der Waals surface area contributed by atoms with Gasteiger partial charge >= 0.3 is 0 Å². The van der Waals surface area contributed by atoms with E-state index in [9.17, 15) is 8.42 Å². The quantitative estimate of drug-likeness (QED) is 0.926. The van der Waals surface area contributed by atoms with Crippen molar-refractivity contribution >= 4 is 10.0 Å². The average molecular weight is 309 g/mol. The molecule has 1 aromatic rings. The number of fused-ring (bicyclic) bond motifs is 3. The molecule has 3 atom stereocenters. The molecule has 0 saturated heterocycles. The van der Waals surface area contributed by atoms with Gasteiger partial charge in [-0.15, -0.1) is 0 Å². The van der Waals surface area contributed by atoms with Crippen LogP contribution in [0.15, 0.2) is 23.1 Å². The van der Waals surface area contributed by atoms with Crippen LogP contribution in [0.1, 0.15) is 25.7 Å². The van der Waals surface area contributed by atoms with Crippen LogP contribution in [0, 0.1) is 11.8 Å². The maximum Gasteiger partial charge on any atom is 0.240 e. The van der Waals surface area contributed by atoms with Gasteiger partial charge in [0.15, 0.2) is 11.5 Å². The van der Waals surface area contributed by atoms with E-state index >= 15 is 0 Å². The first kappa shape index (κ1) is 13.4. The van der Waals surface area contributed by atoms with Gasteiger partial charge in [0.25, 0.3) is 0 Å². The molecule has 1 N–H and O–H groups in total. The lowest BCUT2D eigenvalue weighted by atomic mass is 9.96. The van der Waals surface area contributed by atoms with E-state index in [1.165, 1.54) is 12.8 Å². The van der Waals surface area contributed by atoms with E-state index in [0.29, 0.717) is 36.5 Å². The monoisotopic (exact) mass is 309 g/mol. The molecule has 6 heteroatoms. The fourth-order valence-corrected chi connectivity index (χ4v) is 5.18. The van der Waals surface area contributed by atoms with Crippen LogP contribution >= 0.6 is 0 Å². The molecule has 2 fully saturated rings. The summed E-state index contributed by atoms with van der Waals surface area (Å²) in [5, 5.41) is 0. The maximum atomic E-state index is 12.5. The summed E-state index contributed by atoms with van der Waals surface area (Å²) >= 11 is 0. The summed E-state index contributed by atoms with van der Waals surface area (Å²) in [6, 6.07) is 4.92. The van der Waals surface area contributed by atoms with Crippen molar-refractivity contribution in [3.63, 3.8) is 0 Å². The van der Waals surface area contributed by atoms with Crippen LogP contribution in [-0.4, -0.2) is 27.7 Å². The smallest absolute Gasteiger partial charge is 0.240 e. The molecule has 0 radical (unpaired) electrons. The van der Waals surface area contributed by atoms with E-state index in [4.69, 9.17) is 9.47 Å². The highest BCUT2D eigenvalue weighted by Crippen LogP contribution is 2.45. The molecule has 2 saturated carbocycles. The molecule has 0 spiro atoms. The van der Waals surface area contributed by atoms with E-state index in [0.717, 1.165) is 12.8 Å². The zero-order valence-corrected chi connectivity index (χ0v) is 12.6. The number of sulfonamides is 1. The second kappa shape index (κ2) is 4.88. The van der Waals surface area contributed by atoms with Crippen molar-refractivity contribution in [2.45, 2.75) is 36.6 Å². The Morgan fingerprint density at radius 2 is 1.86 bits per heavy atom. The predicted molar refractivity (Wildman–Crippen MR) is 77.0 cm³/mol. The zero-order chi connectivity index (χ0) is 14.4. The molecule has 3 aliphatic rings.